The molecule has 2 rings (SSSR count). The smallest absolute Gasteiger partial charge is 0.243 e. The zero-order valence-corrected chi connectivity index (χ0v) is 14.5. The first kappa shape index (κ1) is 18.4. The Labute approximate surface area is 134 Å². The molecule has 1 aromatic carbocycles. The summed E-state index contributed by atoms with van der Waals surface area (Å²) in [5.74, 6) is 0. The Morgan fingerprint density at radius 1 is 1.10 bits per heavy atom. The summed E-state index contributed by atoms with van der Waals surface area (Å²) in [6, 6.07) is 7.37. The van der Waals surface area contributed by atoms with Gasteiger partial charge < -0.3 is 5.73 Å². The van der Waals surface area contributed by atoms with Gasteiger partial charge in [-0.2, -0.15) is 4.31 Å². The van der Waals surface area contributed by atoms with Crippen LogP contribution in [-0.2, 0) is 15.4 Å². The van der Waals surface area contributed by atoms with Crippen LogP contribution in [0.15, 0.2) is 29.2 Å². The number of hydrogen-bond acceptors (Lipinski definition) is 3. The van der Waals surface area contributed by atoms with Gasteiger partial charge in [-0.3, -0.25) is 0 Å². The van der Waals surface area contributed by atoms with Crippen LogP contribution in [-0.4, -0.2) is 31.9 Å². The molecule has 0 spiro atoms. The maximum Gasteiger partial charge on any atom is 0.243 e. The molecule has 0 unspecified atom stereocenters. The summed E-state index contributed by atoms with van der Waals surface area (Å²) in [5.41, 5.74) is 6.99. The van der Waals surface area contributed by atoms with Crippen LogP contribution in [0.1, 0.15) is 39.2 Å². The minimum absolute atomic E-state index is 0. The normalized spacial score (nSPS) is 18.3. The molecule has 4 nitrogen and oxygen atoms in total. The van der Waals surface area contributed by atoms with E-state index in [-0.39, 0.29) is 23.9 Å². The lowest BCUT2D eigenvalue weighted by molar-refractivity contribution is 0.320. The summed E-state index contributed by atoms with van der Waals surface area (Å²) < 4.78 is 26.6. The lowest BCUT2D eigenvalue weighted by Crippen LogP contribution is -2.42. The van der Waals surface area contributed by atoms with Crippen molar-refractivity contribution < 1.29 is 8.42 Å². The van der Waals surface area contributed by atoms with Gasteiger partial charge in [-0.15, -0.1) is 12.4 Å². The molecule has 0 saturated carbocycles. The van der Waals surface area contributed by atoms with Gasteiger partial charge in [-0.1, -0.05) is 32.9 Å². The van der Waals surface area contributed by atoms with Crippen molar-refractivity contribution >= 4 is 22.4 Å². The molecule has 0 atom stereocenters. The monoisotopic (exact) mass is 332 g/mol. The highest BCUT2D eigenvalue weighted by Crippen LogP contribution is 2.25. The fraction of sp³-hybridized carbons (Fsp3) is 0.600. The van der Waals surface area contributed by atoms with Gasteiger partial charge in [-0.25, -0.2) is 8.42 Å². The maximum absolute atomic E-state index is 12.5. The van der Waals surface area contributed by atoms with Crippen molar-refractivity contribution in [3.8, 4) is 0 Å². The number of rotatable bonds is 2. The Kier molecular flexibility index (Phi) is 5.83. The fourth-order valence-electron chi connectivity index (χ4n) is 2.39. The van der Waals surface area contributed by atoms with Crippen molar-refractivity contribution in [2.45, 2.75) is 50.0 Å². The van der Waals surface area contributed by atoms with Gasteiger partial charge in [0.15, 0.2) is 0 Å². The number of benzene rings is 1. The van der Waals surface area contributed by atoms with Gasteiger partial charge >= 0.3 is 0 Å². The van der Waals surface area contributed by atoms with E-state index in [0.29, 0.717) is 18.0 Å². The fourth-order valence-corrected chi connectivity index (χ4v) is 3.86. The molecule has 0 aliphatic carbocycles. The van der Waals surface area contributed by atoms with Crippen LogP contribution in [0, 0.1) is 0 Å². The van der Waals surface area contributed by atoms with Crippen LogP contribution < -0.4 is 5.73 Å². The predicted octanol–water partition coefficient (Wildman–Crippen LogP) is 2.52. The van der Waals surface area contributed by atoms with E-state index in [4.69, 9.17) is 5.73 Å². The first-order chi connectivity index (χ1) is 9.21. The largest absolute Gasteiger partial charge is 0.328 e. The number of hydrogen-bond donors (Lipinski definition) is 1. The standard InChI is InChI=1S/C15H24N2O2S.ClH/c1-15(2,3)12-4-6-14(7-5-12)20(18,19)17-10-8-13(16)9-11-17;/h4-7,13H,8-11,16H2,1-3H3;1H. The van der Waals surface area contributed by atoms with Crippen LogP contribution in [0.4, 0.5) is 0 Å². The molecular formula is C15H25ClN2O2S. The van der Waals surface area contributed by atoms with Crippen LogP contribution in [0.2, 0.25) is 0 Å². The van der Waals surface area contributed by atoms with Crippen molar-refractivity contribution in [2.75, 3.05) is 13.1 Å². The molecule has 1 fully saturated rings. The van der Waals surface area contributed by atoms with Crippen molar-refractivity contribution in [3.05, 3.63) is 29.8 Å². The number of nitrogens with two attached hydrogens (primary N) is 1. The number of nitrogens with zero attached hydrogens (tertiary/aromatic N) is 1. The molecule has 0 radical (unpaired) electrons. The summed E-state index contributed by atoms with van der Waals surface area (Å²) in [4.78, 5) is 0.376. The highest BCUT2D eigenvalue weighted by molar-refractivity contribution is 7.89. The van der Waals surface area contributed by atoms with Gasteiger partial charge in [0.05, 0.1) is 4.90 Å². The van der Waals surface area contributed by atoms with E-state index in [1.165, 1.54) is 0 Å². The zero-order chi connectivity index (χ0) is 15.0. The van der Waals surface area contributed by atoms with Crippen molar-refractivity contribution in [1.29, 1.82) is 0 Å². The van der Waals surface area contributed by atoms with E-state index in [1.807, 2.05) is 12.1 Å². The van der Waals surface area contributed by atoms with Gasteiger partial charge in [0, 0.05) is 19.1 Å². The Hall–Kier alpha value is -0.620. The molecule has 1 saturated heterocycles. The third-order valence-corrected chi connectivity index (χ3v) is 5.77. The molecule has 1 aliphatic heterocycles. The van der Waals surface area contributed by atoms with E-state index in [0.717, 1.165) is 18.4 Å². The van der Waals surface area contributed by atoms with E-state index in [9.17, 15) is 8.42 Å². The van der Waals surface area contributed by atoms with Crippen LogP contribution in [0.25, 0.3) is 0 Å². The highest BCUT2D eigenvalue weighted by atomic mass is 35.5. The minimum Gasteiger partial charge on any atom is -0.328 e. The maximum atomic E-state index is 12.5. The molecule has 1 aliphatic rings. The second-order valence-corrected chi connectivity index (χ2v) is 8.45. The first-order valence-electron chi connectivity index (χ1n) is 7.07. The van der Waals surface area contributed by atoms with Crippen LogP contribution in [0.3, 0.4) is 0 Å². The number of sulfonamides is 1. The van der Waals surface area contributed by atoms with E-state index < -0.39 is 10.0 Å². The van der Waals surface area contributed by atoms with Crippen LogP contribution in [0.5, 0.6) is 0 Å². The average molecular weight is 333 g/mol. The van der Waals surface area contributed by atoms with Crippen LogP contribution >= 0.6 is 12.4 Å². The SMILES string of the molecule is CC(C)(C)c1ccc(S(=O)(=O)N2CCC(N)CC2)cc1.Cl. The van der Waals surface area contributed by atoms with Crippen molar-refractivity contribution in [2.24, 2.45) is 5.73 Å². The topological polar surface area (TPSA) is 63.4 Å². The van der Waals surface area contributed by atoms with Gasteiger partial charge in [-0.05, 0) is 36.0 Å². The molecule has 2 N–H and O–H groups in total. The summed E-state index contributed by atoms with van der Waals surface area (Å²) in [7, 11) is -3.37. The summed E-state index contributed by atoms with van der Waals surface area (Å²) in [6.45, 7) is 7.38. The first-order valence-corrected chi connectivity index (χ1v) is 8.51. The lowest BCUT2D eigenvalue weighted by atomic mass is 9.87. The summed E-state index contributed by atoms with van der Waals surface area (Å²) >= 11 is 0. The molecule has 1 aromatic rings. The number of halogens is 1. The molecular weight excluding hydrogens is 308 g/mol. The van der Waals surface area contributed by atoms with Gasteiger partial charge in [0.1, 0.15) is 0 Å². The van der Waals surface area contributed by atoms with E-state index in [2.05, 4.69) is 20.8 Å². The Bertz CT molecular complexity index is 556. The Balaban J connectivity index is 0.00000220. The molecule has 120 valence electrons. The summed E-state index contributed by atoms with van der Waals surface area (Å²) in [6.07, 6.45) is 1.47. The third kappa shape index (κ3) is 4.19. The molecule has 0 aromatic heterocycles. The van der Waals surface area contributed by atoms with Gasteiger partial charge in [0.2, 0.25) is 10.0 Å². The second-order valence-electron chi connectivity index (χ2n) is 6.52. The van der Waals surface area contributed by atoms with Crippen molar-refractivity contribution in [3.63, 3.8) is 0 Å². The molecule has 1 heterocycles. The quantitative estimate of drug-likeness (QED) is 0.905. The molecule has 0 amide bonds. The van der Waals surface area contributed by atoms with E-state index >= 15 is 0 Å². The second kappa shape index (κ2) is 6.65. The number of piperidine rings is 1. The highest BCUT2D eigenvalue weighted by Gasteiger charge is 2.28. The molecule has 6 heteroatoms. The Morgan fingerprint density at radius 2 is 1.57 bits per heavy atom. The summed E-state index contributed by atoms with van der Waals surface area (Å²) in [5, 5.41) is 0. The third-order valence-electron chi connectivity index (χ3n) is 3.86. The molecule has 0 bridgehead atoms. The zero-order valence-electron chi connectivity index (χ0n) is 12.9. The lowest BCUT2D eigenvalue weighted by Gasteiger charge is -2.29. The van der Waals surface area contributed by atoms with Crippen molar-refractivity contribution in [1.82, 2.24) is 4.31 Å². The predicted molar refractivity (Wildman–Crippen MR) is 88.4 cm³/mol. The average Bonchev–Trinajstić information content (AvgIpc) is 2.38. The van der Waals surface area contributed by atoms with E-state index in [1.54, 1.807) is 16.4 Å². The van der Waals surface area contributed by atoms with Gasteiger partial charge in [0.25, 0.3) is 0 Å². The Morgan fingerprint density at radius 3 is 2.00 bits per heavy atom. The molecule has 21 heavy (non-hydrogen) atoms. The minimum atomic E-state index is -3.37.